The molecule has 1 aliphatic heterocycles. The molecule has 1 aliphatic rings. The highest BCUT2D eigenvalue weighted by Gasteiger charge is 2.21. The summed E-state index contributed by atoms with van der Waals surface area (Å²) < 4.78 is 25.7. The van der Waals surface area contributed by atoms with E-state index < -0.39 is 15.9 Å². The first kappa shape index (κ1) is 23.9. The lowest BCUT2D eigenvalue weighted by atomic mass is 10.0. The van der Waals surface area contributed by atoms with Crippen LogP contribution in [0.2, 0.25) is 0 Å². The van der Waals surface area contributed by atoms with Crippen molar-refractivity contribution in [1.82, 2.24) is 10.3 Å². The van der Waals surface area contributed by atoms with E-state index >= 15 is 0 Å². The fourth-order valence-corrected chi connectivity index (χ4v) is 4.51. The number of benzene rings is 2. The summed E-state index contributed by atoms with van der Waals surface area (Å²) in [5.74, 6) is -0.114. The Kier molecular flexibility index (Phi) is 8.04. The van der Waals surface area contributed by atoms with E-state index in [4.69, 9.17) is 0 Å². The van der Waals surface area contributed by atoms with Crippen molar-refractivity contribution in [2.45, 2.75) is 39.2 Å². The summed E-state index contributed by atoms with van der Waals surface area (Å²) in [6, 6.07) is 17.6. The van der Waals surface area contributed by atoms with Gasteiger partial charge in [0.1, 0.15) is 6.54 Å². The van der Waals surface area contributed by atoms with E-state index in [9.17, 15) is 13.2 Å². The van der Waals surface area contributed by atoms with Crippen molar-refractivity contribution in [1.29, 1.82) is 0 Å². The number of sulfonamides is 1. The van der Waals surface area contributed by atoms with Gasteiger partial charge in [-0.2, -0.15) is 5.10 Å². The van der Waals surface area contributed by atoms with E-state index in [2.05, 4.69) is 41.4 Å². The monoisotopic (exact) mass is 456 g/mol. The maximum atomic E-state index is 12.5. The molecule has 1 N–H and O–H groups in total. The zero-order valence-electron chi connectivity index (χ0n) is 19.0. The molecule has 3 rings (SSSR count). The van der Waals surface area contributed by atoms with Crippen molar-refractivity contribution >= 4 is 27.3 Å². The first-order valence-corrected chi connectivity index (χ1v) is 12.8. The molecule has 8 heteroatoms. The van der Waals surface area contributed by atoms with Crippen molar-refractivity contribution in [2.75, 3.05) is 30.2 Å². The van der Waals surface area contributed by atoms with Crippen LogP contribution in [0.25, 0.3) is 0 Å². The minimum atomic E-state index is -3.61. The number of likely N-dealkylation sites (tertiary alicyclic amines) is 1. The molecule has 0 bridgehead atoms. The highest BCUT2D eigenvalue weighted by molar-refractivity contribution is 7.92. The van der Waals surface area contributed by atoms with Crippen molar-refractivity contribution in [3.63, 3.8) is 0 Å². The van der Waals surface area contributed by atoms with Crippen LogP contribution in [-0.2, 0) is 21.4 Å². The van der Waals surface area contributed by atoms with Crippen LogP contribution >= 0.6 is 0 Å². The molecule has 0 spiro atoms. The van der Waals surface area contributed by atoms with Gasteiger partial charge in [-0.25, -0.2) is 13.8 Å². The Hall–Kier alpha value is -2.71. The number of hydrogen-bond acceptors (Lipinski definition) is 5. The van der Waals surface area contributed by atoms with Gasteiger partial charge >= 0.3 is 0 Å². The van der Waals surface area contributed by atoms with Crippen LogP contribution in [0.4, 0.5) is 5.69 Å². The summed E-state index contributed by atoms with van der Waals surface area (Å²) >= 11 is 0. The number of hydrazone groups is 1. The second kappa shape index (κ2) is 10.7. The maximum absolute atomic E-state index is 12.5. The summed E-state index contributed by atoms with van der Waals surface area (Å²) in [7, 11) is -3.61. The van der Waals surface area contributed by atoms with Gasteiger partial charge < -0.3 is 0 Å². The molecule has 1 amide bonds. The van der Waals surface area contributed by atoms with Crippen LogP contribution in [0, 0.1) is 0 Å². The van der Waals surface area contributed by atoms with Gasteiger partial charge in [-0.05, 0) is 29.2 Å². The van der Waals surface area contributed by atoms with Gasteiger partial charge in [0.15, 0.2) is 0 Å². The predicted octanol–water partition coefficient (Wildman–Crippen LogP) is 3.34. The highest BCUT2D eigenvalue weighted by Crippen LogP contribution is 2.22. The van der Waals surface area contributed by atoms with E-state index in [1.165, 1.54) is 5.56 Å². The molecule has 0 aromatic heterocycles. The quantitative estimate of drug-likeness (QED) is 0.618. The first-order chi connectivity index (χ1) is 15.2. The topological polar surface area (TPSA) is 82.1 Å². The summed E-state index contributed by atoms with van der Waals surface area (Å²) in [5.41, 5.74) is 6.32. The van der Waals surface area contributed by atoms with Crippen LogP contribution in [-0.4, -0.2) is 50.8 Å². The van der Waals surface area contributed by atoms with Gasteiger partial charge in [-0.1, -0.05) is 56.3 Å². The smallest absolute Gasteiger partial charge is 0.260 e. The third kappa shape index (κ3) is 6.90. The molecule has 1 fully saturated rings. The summed E-state index contributed by atoms with van der Waals surface area (Å²) in [5, 5.41) is 4.26. The Bertz CT molecular complexity index is 1020. The lowest BCUT2D eigenvalue weighted by Crippen LogP contribution is -2.40. The summed E-state index contributed by atoms with van der Waals surface area (Å²) in [4.78, 5) is 14.8. The number of carbonyl (C=O) groups is 1. The Balaban J connectivity index is 1.54. The number of nitrogens with zero attached hydrogens (tertiary/aromatic N) is 3. The van der Waals surface area contributed by atoms with Crippen LogP contribution in [0.15, 0.2) is 59.7 Å². The molecule has 0 unspecified atom stereocenters. The molecular weight excluding hydrogens is 424 g/mol. The Morgan fingerprint density at radius 3 is 2.25 bits per heavy atom. The molecule has 0 saturated carbocycles. The molecule has 2 aromatic carbocycles. The van der Waals surface area contributed by atoms with Crippen LogP contribution < -0.4 is 9.73 Å². The van der Waals surface area contributed by atoms with Crippen molar-refractivity contribution < 1.29 is 13.2 Å². The molecule has 7 nitrogen and oxygen atoms in total. The van der Waals surface area contributed by atoms with Gasteiger partial charge in [0.2, 0.25) is 10.0 Å². The number of piperidine rings is 1. The first-order valence-electron chi connectivity index (χ1n) is 10.9. The average molecular weight is 457 g/mol. The molecule has 0 radical (unpaired) electrons. The van der Waals surface area contributed by atoms with Gasteiger partial charge in [0.05, 0.1) is 11.9 Å². The van der Waals surface area contributed by atoms with Crippen molar-refractivity contribution in [2.24, 2.45) is 5.10 Å². The van der Waals surface area contributed by atoms with Crippen LogP contribution in [0.1, 0.15) is 43.7 Å². The molecule has 1 saturated heterocycles. The van der Waals surface area contributed by atoms with Gasteiger partial charge in [0.25, 0.3) is 5.91 Å². The molecule has 32 heavy (non-hydrogen) atoms. The van der Waals surface area contributed by atoms with Gasteiger partial charge in [-0.15, -0.1) is 0 Å². The van der Waals surface area contributed by atoms with Gasteiger partial charge in [-0.3, -0.25) is 14.0 Å². The molecule has 1 heterocycles. The fraction of sp³-hybridized carbons (Fsp3) is 0.417. The zero-order chi connectivity index (χ0) is 23.1. The van der Waals surface area contributed by atoms with E-state index in [0.717, 1.165) is 54.3 Å². The largest absolute Gasteiger partial charge is 0.298 e. The summed E-state index contributed by atoms with van der Waals surface area (Å²) in [6.07, 6.45) is 2.66. The zero-order valence-corrected chi connectivity index (χ0v) is 19.8. The maximum Gasteiger partial charge on any atom is 0.260 e. The van der Waals surface area contributed by atoms with Crippen molar-refractivity contribution in [3.8, 4) is 0 Å². The highest BCUT2D eigenvalue weighted by atomic mass is 32.2. The average Bonchev–Trinajstić information content (AvgIpc) is 2.77. The van der Waals surface area contributed by atoms with E-state index in [-0.39, 0.29) is 6.54 Å². The number of amides is 1. The number of nitrogens with one attached hydrogen (secondary N) is 1. The van der Waals surface area contributed by atoms with E-state index in [1.54, 1.807) is 12.1 Å². The molecule has 172 valence electrons. The molecule has 0 atom stereocenters. The van der Waals surface area contributed by atoms with Gasteiger partial charge in [0, 0.05) is 38.2 Å². The minimum absolute atomic E-state index is 0.309. The number of anilines is 1. The van der Waals surface area contributed by atoms with Crippen LogP contribution in [0.5, 0.6) is 0 Å². The van der Waals surface area contributed by atoms with E-state index in [1.807, 2.05) is 30.3 Å². The Morgan fingerprint density at radius 1 is 1.06 bits per heavy atom. The summed E-state index contributed by atoms with van der Waals surface area (Å²) in [6.45, 7) is 6.49. The normalized spacial score (nSPS) is 14.9. The van der Waals surface area contributed by atoms with Crippen molar-refractivity contribution in [3.05, 3.63) is 65.7 Å². The number of carbonyl (C=O) groups excluding carboxylic acids is 1. The Labute approximate surface area is 191 Å². The van der Waals surface area contributed by atoms with E-state index in [0.29, 0.717) is 11.6 Å². The molecular formula is C24H32N4O3S. The standard InChI is InChI=1S/C24H32N4O3S/c1-19(2)21-9-11-23(12-10-21)28(32(3,30)31)18-24(29)26-25-22-13-15-27(16-14-22)17-20-7-5-4-6-8-20/h4-12,19H,13-18H2,1-3H3,(H,26,29). The Morgan fingerprint density at radius 2 is 1.69 bits per heavy atom. The molecule has 0 aliphatic carbocycles. The lowest BCUT2D eigenvalue weighted by Gasteiger charge is -2.27. The number of hydrogen-bond donors (Lipinski definition) is 1. The predicted molar refractivity (Wildman–Crippen MR) is 129 cm³/mol. The third-order valence-corrected chi connectivity index (χ3v) is 6.70. The second-order valence-electron chi connectivity index (χ2n) is 8.49. The lowest BCUT2D eigenvalue weighted by molar-refractivity contribution is -0.119. The third-order valence-electron chi connectivity index (χ3n) is 5.56. The second-order valence-corrected chi connectivity index (χ2v) is 10.4. The molecule has 2 aromatic rings. The SMILES string of the molecule is CC(C)c1ccc(N(CC(=O)NN=C2CCN(Cc3ccccc3)CC2)S(C)(=O)=O)cc1. The number of rotatable bonds is 8. The fourth-order valence-electron chi connectivity index (χ4n) is 3.66. The minimum Gasteiger partial charge on any atom is -0.298 e. The van der Waals surface area contributed by atoms with Crippen LogP contribution in [0.3, 0.4) is 0 Å².